The maximum atomic E-state index is 13.5. The van der Waals surface area contributed by atoms with Gasteiger partial charge in [-0.05, 0) is 25.1 Å². The molecule has 0 aliphatic rings. The maximum absolute atomic E-state index is 13.5. The van der Waals surface area contributed by atoms with Gasteiger partial charge in [-0.1, -0.05) is 0 Å². The van der Waals surface area contributed by atoms with E-state index in [0.717, 1.165) is 0 Å². The Bertz CT molecular complexity index is 857. The quantitative estimate of drug-likeness (QED) is 0.876. The second-order valence-electron chi connectivity index (χ2n) is 4.22. The number of nitrogens with zero attached hydrogens (tertiary/aromatic N) is 5. The topological polar surface area (TPSA) is 101 Å². The summed E-state index contributed by atoms with van der Waals surface area (Å²) < 4.78 is 15.2. The first-order valence-electron chi connectivity index (χ1n) is 6.12. The number of benzene rings is 1. The normalized spacial score (nSPS) is 9.23. The predicted octanol–water partition coefficient (Wildman–Crippen LogP) is 2.56. The van der Waals surface area contributed by atoms with Gasteiger partial charge in [-0.3, -0.25) is 0 Å². The van der Waals surface area contributed by atoms with E-state index in [1.807, 2.05) is 0 Å². The number of halogens is 1. The third kappa shape index (κ3) is 2.77. The predicted molar refractivity (Wildman–Crippen MR) is 75.7 cm³/mol. The van der Waals surface area contributed by atoms with Gasteiger partial charge in [0.05, 0.1) is 11.4 Å². The number of hydrogen-bond donors (Lipinski definition) is 1. The lowest BCUT2D eigenvalue weighted by Crippen LogP contribution is -2.06. The number of aryl methyl sites for hydroxylation is 1. The molecule has 1 aromatic heterocycles. The van der Waals surface area contributed by atoms with Crippen molar-refractivity contribution in [3.8, 4) is 23.9 Å². The van der Waals surface area contributed by atoms with Crippen LogP contribution in [0, 0.1) is 46.7 Å². The summed E-state index contributed by atoms with van der Waals surface area (Å²) in [5.41, 5.74) is 0.176. The van der Waals surface area contributed by atoms with Crippen molar-refractivity contribution in [3.05, 3.63) is 53.5 Å². The highest BCUT2D eigenvalue weighted by atomic mass is 19.1. The molecule has 22 heavy (non-hydrogen) atoms. The van der Waals surface area contributed by atoms with Crippen molar-refractivity contribution in [2.75, 3.05) is 5.32 Å². The Kier molecular flexibility index (Phi) is 4.17. The molecule has 106 valence electrons. The van der Waals surface area contributed by atoms with E-state index in [0.29, 0.717) is 11.5 Å². The molecular formula is C15H9FN6. The summed E-state index contributed by atoms with van der Waals surface area (Å²) in [5, 5.41) is 29.4. The number of anilines is 1. The standard InChI is InChI=1S/C15H9FN6/c1-10-20-4-5-22(10)15-3-2-12(16)6-13(15)21-14(9-19)11(7-17)8-18/h2-6,21H,1H3. The Morgan fingerprint density at radius 3 is 2.50 bits per heavy atom. The van der Waals surface area contributed by atoms with E-state index in [2.05, 4.69) is 10.3 Å². The second-order valence-corrected chi connectivity index (χ2v) is 4.22. The van der Waals surface area contributed by atoms with E-state index in [1.165, 1.54) is 18.2 Å². The van der Waals surface area contributed by atoms with Crippen molar-refractivity contribution >= 4 is 5.69 Å². The fraction of sp³-hybridized carbons (Fsp3) is 0.0667. The minimum atomic E-state index is -0.517. The Balaban J connectivity index is 2.58. The number of hydrogen-bond acceptors (Lipinski definition) is 5. The summed E-state index contributed by atoms with van der Waals surface area (Å²) in [4.78, 5) is 4.08. The van der Waals surface area contributed by atoms with E-state index in [9.17, 15) is 4.39 Å². The van der Waals surface area contributed by atoms with Crippen LogP contribution in [0.5, 0.6) is 0 Å². The van der Waals surface area contributed by atoms with Gasteiger partial charge in [0.15, 0.2) is 5.57 Å². The zero-order valence-electron chi connectivity index (χ0n) is 11.5. The van der Waals surface area contributed by atoms with Gasteiger partial charge in [-0.15, -0.1) is 0 Å². The van der Waals surface area contributed by atoms with Crippen LogP contribution >= 0.6 is 0 Å². The molecule has 0 unspecified atom stereocenters. The molecule has 0 atom stereocenters. The molecule has 0 saturated heterocycles. The lowest BCUT2D eigenvalue weighted by Gasteiger charge is -2.13. The van der Waals surface area contributed by atoms with Gasteiger partial charge < -0.3 is 9.88 Å². The zero-order valence-corrected chi connectivity index (χ0v) is 11.5. The molecule has 6 nitrogen and oxygen atoms in total. The summed E-state index contributed by atoms with van der Waals surface area (Å²) in [5.74, 6) is 0.148. The minimum Gasteiger partial charge on any atom is -0.343 e. The Morgan fingerprint density at radius 2 is 1.95 bits per heavy atom. The van der Waals surface area contributed by atoms with Crippen LogP contribution in [0.25, 0.3) is 5.69 Å². The molecular weight excluding hydrogens is 283 g/mol. The Hall–Kier alpha value is -3.63. The molecule has 1 heterocycles. The van der Waals surface area contributed by atoms with Crippen LogP contribution in [0.2, 0.25) is 0 Å². The molecule has 2 rings (SSSR count). The molecule has 0 amide bonds. The molecule has 2 aromatic rings. The molecule has 0 aliphatic heterocycles. The fourth-order valence-electron chi connectivity index (χ4n) is 1.87. The van der Waals surface area contributed by atoms with Crippen molar-refractivity contribution in [1.29, 1.82) is 15.8 Å². The number of nitriles is 3. The van der Waals surface area contributed by atoms with E-state index >= 15 is 0 Å². The third-order valence-corrected chi connectivity index (χ3v) is 2.89. The monoisotopic (exact) mass is 292 g/mol. The number of rotatable bonds is 3. The van der Waals surface area contributed by atoms with E-state index in [-0.39, 0.29) is 17.0 Å². The van der Waals surface area contributed by atoms with Gasteiger partial charge in [-0.25, -0.2) is 9.37 Å². The first-order valence-corrected chi connectivity index (χ1v) is 6.12. The van der Waals surface area contributed by atoms with Gasteiger partial charge in [0, 0.05) is 12.4 Å². The van der Waals surface area contributed by atoms with Crippen molar-refractivity contribution in [2.24, 2.45) is 0 Å². The maximum Gasteiger partial charge on any atom is 0.163 e. The van der Waals surface area contributed by atoms with Gasteiger partial charge in [0.2, 0.25) is 0 Å². The van der Waals surface area contributed by atoms with Crippen molar-refractivity contribution < 1.29 is 4.39 Å². The highest BCUT2D eigenvalue weighted by Crippen LogP contribution is 2.24. The first-order chi connectivity index (χ1) is 10.6. The average Bonchev–Trinajstić information content (AvgIpc) is 2.93. The fourth-order valence-corrected chi connectivity index (χ4v) is 1.87. The molecule has 0 saturated carbocycles. The Morgan fingerprint density at radius 1 is 1.23 bits per heavy atom. The number of imidazole rings is 1. The van der Waals surface area contributed by atoms with Crippen LogP contribution in [-0.2, 0) is 0 Å². The SMILES string of the molecule is Cc1nccn1-c1ccc(F)cc1NC(C#N)=C(C#N)C#N. The van der Waals surface area contributed by atoms with E-state index < -0.39 is 5.82 Å². The van der Waals surface area contributed by atoms with Crippen LogP contribution in [0.3, 0.4) is 0 Å². The number of nitrogens with one attached hydrogen (secondary N) is 1. The number of aromatic nitrogens is 2. The van der Waals surface area contributed by atoms with E-state index in [1.54, 1.807) is 42.1 Å². The summed E-state index contributed by atoms with van der Waals surface area (Å²) in [6.07, 6.45) is 3.26. The lowest BCUT2D eigenvalue weighted by molar-refractivity contribution is 0.628. The molecule has 0 aliphatic carbocycles. The highest BCUT2D eigenvalue weighted by molar-refractivity contribution is 5.67. The smallest absolute Gasteiger partial charge is 0.163 e. The Labute approximate surface area is 126 Å². The van der Waals surface area contributed by atoms with Gasteiger partial charge in [0.1, 0.15) is 35.5 Å². The third-order valence-electron chi connectivity index (χ3n) is 2.89. The molecule has 0 spiro atoms. The molecule has 7 heteroatoms. The second kappa shape index (κ2) is 6.21. The van der Waals surface area contributed by atoms with Crippen LogP contribution < -0.4 is 5.32 Å². The molecule has 1 N–H and O–H groups in total. The molecule has 0 bridgehead atoms. The summed E-state index contributed by atoms with van der Waals surface area (Å²) >= 11 is 0. The van der Waals surface area contributed by atoms with Gasteiger partial charge in [-0.2, -0.15) is 15.8 Å². The molecule has 1 aromatic carbocycles. The summed E-state index contributed by atoms with van der Waals surface area (Å²) in [6.45, 7) is 1.77. The van der Waals surface area contributed by atoms with E-state index in [4.69, 9.17) is 15.8 Å². The van der Waals surface area contributed by atoms with Crippen LogP contribution in [0.1, 0.15) is 5.82 Å². The van der Waals surface area contributed by atoms with Crippen LogP contribution in [-0.4, -0.2) is 9.55 Å². The molecule has 0 radical (unpaired) electrons. The average molecular weight is 292 g/mol. The van der Waals surface area contributed by atoms with Gasteiger partial charge in [0.25, 0.3) is 0 Å². The number of allylic oxidation sites excluding steroid dienone is 2. The summed E-state index contributed by atoms with van der Waals surface area (Å²) in [7, 11) is 0. The van der Waals surface area contributed by atoms with Crippen LogP contribution in [0.15, 0.2) is 41.9 Å². The minimum absolute atomic E-state index is 0.241. The highest BCUT2D eigenvalue weighted by Gasteiger charge is 2.12. The zero-order chi connectivity index (χ0) is 16.1. The molecule has 0 fully saturated rings. The van der Waals surface area contributed by atoms with Crippen molar-refractivity contribution in [3.63, 3.8) is 0 Å². The van der Waals surface area contributed by atoms with Crippen molar-refractivity contribution in [1.82, 2.24) is 9.55 Å². The van der Waals surface area contributed by atoms with Crippen molar-refractivity contribution in [2.45, 2.75) is 6.92 Å². The largest absolute Gasteiger partial charge is 0.343 e. The first kappa shape index (κ1) is 14.8. The summed E-state index contributed by atoms with van der Waals surface area (Å²) in [6, 6.07) is 8.94. The van der Waals surface area contributed by atoms with Crippen LogP contribution in [0.4, 0.5) is 10.1 Å². The lowest BCUT2D eigenvalue weighted by atomic mass is 10.2. The van der Waals surface area contributed by atoms with Gasteiger partial charge >= 0.3 is 0 Å².